The van der Waals surface area contributed by atoms with E-state index in [9.17, 15) is 14.0 Å². The van der Waals surface area contributed by atoms with Crippen molar-refractivity contribution < 1.29 is 14.0 Å². The van der Waals surface area contributed by atoms with Gasteiger partial charge >= 0.3 is 0 Å². The molecule has 3 rings (SSSR count). The molecule has 0 bridgehead atoms. The number of hydrogen-bond acceptors (Lipinski definition) is 2. The zero-order valence-electron chi connectivity index (χ0n) is 11.2. The molecule has 21 heavy (non-hydrogen) atoms. The zero-order valence-corrected chi connectivity index (χ0v) is 11.2. The van der Waals surface area contributed by atoms with Crippen molar-refractivity contribution >= 4 is 23.2 Å². The number of nitrogens with one attached hydrogen (secondary N) is 2. The van der Waals surface area contributed by atoms with Crippen LogP contribution in [0.2, 0.25) is 0 Å². The summed E-state index contributed by atoms with van der Waals surface area (Å²) in [5.41, 5.74) is 2.30. The largest absolute Gasteiger partial charge is 0.326 e. The molecule has 0 unspecified atom stereocenters. The lowest BCUT2D eigenvalue weighted by molar-refractivity contribution is -0.116. The van der Waals surface area contributed by atoms with E-state index in [2.05, 4.69) is 10.6 Å². The molecule has 1 aliphatic rings. The van der Waals surface area contributed by atoms with Gasteiger partial charge < -0.3 is 10.6 Å². The lowest BCUT2D eigenvalue weighted by Crippen LogP contribution is -2.19. The molecule has 106 valence electrons. The third-order valence-corrected chi connectivity index (χ3v) is 3.38. The molecule has 2 N–H and O–H groups in total. The van der Waals surface area contributed by atoms with E-state index in [0.717, 1.165) is 11.3 Å². The number of anilines is 2. The van der Waals surface area contributed by atoms with Gasteiger partial charge in [-0.15, -0.1) is 0 Å². The lowest BCUT2D eigenvalue weighted by Gasteiger charge is -2.17. The Morgan fingerprint density at radius 2 is 1.95 bits per heavy atom. The molecule has 0 saturated heterocycles. The quantitative estimate of drug-likeness (QED) is 0.890. The van der Waals surface area contributed by atoms with Crippen molar-refractivity contribution in [1.82, 2.24) is 0 Å². The summed E-state index contributed by atoms with van der Waals surface area (Å²) in [4.78, 5) is 23.3. The average Bonchev–Trinajstić information content (AvgIpc) is 2.48. The lowest BCUT2D eigenvalue weighted by atomic mass is 10.0. The molecular weight excluding hydrogens is 271 g/mol. The summed E-state index contributed by atoms with van der Waals surface area (Å²) in [5, 5.41) is 5.44. The van der Waals surface area contributed by atoms with E-state index >= 15 is 0 Å². The first-order valence-electron chi connectivity index (χ1n) is 6.62. The number of fused-ring (bicyclic) bond motifs is 1. The van der Waals surface area contributed by atoms with E-state index in [4.69, 9.17) is 0 Å². The summed E-state index contributed by atoms with van der Waals surface area (Å²) in [5.74, 6) is -1.06. The van der Waals surface area contributed by atoms with Gasteiger partial charge in [0.15, 0.2) is 0 Å². The van der Waals surface area contributed by atoms with Crippen LogP contribution >= 0.6 is 0 Å². The van der Waals surface area contributed by atoms with Crippen LogP contribution in [0.1, 0.15) is 22.3 Å². The Balaban J connectivity index is 1.81. The SMILES string of the molecule is O=C1CCc2cc(NC(=O)c3ccccc3F)ccc2N1. The fourth-order valence-electron chi connectivity index (χ4n) is 2.30. The Kier molecular flexibility index (Phi) is 3.39. The molecule has 5 heteroatoms. The molecule has 0 fully saturated rings. The van der Waals surface area contributed by atoms with Gasteiger partial charge in [-0.1, -0.05) is 12.1 Å². The summed E-state index contributed by atoms with van der Waals surface area (Å²) < 4.78 is 13.6. The molecule has 0 aliphatic carbocycles. The first-order valence-corrected chi connectivity index (χ1v) is 6.62. The maximum Gasteiger partial charge on any atom is 0.258 e. The first-order chi connectivity index (χ1) is 10.1. The van der Waals surface area contributed by atoms with E-state index in [0.29, 0.717) is 18.5 Å². The van der Waals surface area contributed by atoms with Crippen molar-refractivity contribution in [3.05, 3.63) is 59.4 Å². The Morgan fingerprint density at radius 1 is 1.14 bits per heavy atom. The van der Waals surface area contributed by atoms with Crippen LogP contribution in [0.4, 0.5) is 15.8 Å². The summed E-state index contributed by atoms with van der Waals surface area (Å²) in [7, 11) is 0. The van der Waals surface area contributed by atoms with Gasteiger partial charge in [-0.25, -0.2) is 4.39 Å². The molecule has 4 nitrogen and oxygen atoms in total. The monoisotopic (exact) mass is 284 g/mol. The van der Waals surface area contributed by atoms with Crippen molar-refractivity contribution in [2.75, 3.05) is 10.6 Å². The van der Waals surface area contributed by atoms with Crippen LogP contribution in [-0.2, 0) is 11.2 Å². The molecule has 2 aromatic carbocycles. The summed E-state index contributed by atoms with van der Waals surface area (Å²) in [6.45, 7) is 0. The van der Waals surface area contributed by atoms with E-state index in [1.54, 1.807) is 24.3 Å². The second-order valence-corrected chi connectivity index (χ2v) is 4.85. The maximum absolute atomic E-state index is 13.6. The van der Waals surface area contributed by atoms with Crippen molar-refractivity contribution in [1.29, 1.82) is 0 Å². The number of carbonyl (C=O) groups is 2. The number of carbonyl (C=O) groups excluding carboxylic acids is 2. The molecule has 0 radical (unpaired) electrons. The van der Waals surface area contributed by atoms with Crippen molar-refractivity contribution in [3.63, 3.8) is 0 Å². The number of rotatable bonds is 2. The predicted octanol–water partition coefficient (Wildman–Crippen LogP) is 2.96. The Morgan fingerprint density at radius 3 is 2.76 bits per heavy atom. The minimum Gasteiger partial charge on any atom is -0.326 e. The van der Waals surface area contributed by atoms with Crippen molar-refractivity contribution in [3.8, 4) is 0 Å². The number of aryl methyl sites for hydroxylation is 1. The fraction of sp³-hybridized carbons (Fsp3) is 0.125. The molecular formula is C16H13FN2O2. The van der Waals surface area contributed by atoms with Gasteiger partial charge in [-0.05, 0) is 42.3 Å². The van der Waals surface area contributed by atoms with Gasteiger partial charge in [0, 0.05) is 17.8 Å². The van der Waals surface area contributed by atoms with Gasteiger partial charge in [-0.3, -0.25) is 9.59 Å². The first kappa shape index (κ1) is 13.3. The van der Waals surface area contributed by atoms with Crippen LogP contribution in [0, 0.1) is 5.82 Å². The van der Waals surface area contributed by atoms with Gasteiger partial charge in [0.1, 0.15) is 5.82 Å². The van der Waals surface area contributed by atoms with Gasteiger partial charge in [0.2, 0.25) is 5.91 Å². The molecule has 0 spiro atoms. The molecule has 1 aliphatic heterocycles. The second-order valence-electron chi connectivity index (χ2n) is 4.85. The maximum atomic E-state index is 13.6. The molecule has 0 saturated carbocycles. The fourth-order valence-corrected chi connectivity index (χ4v) is 2.30. The summed E-state index contributed by atoms with van der Waals surface area (Å²) >= 11 is 0. The number of benzene rings is 2. The average molecular weight is 284 g/mol. The molecule has 2 aromatic rings. The van der Waals surface area contributed by atoms with Crippen LogP contribution < -0.4 is 10.6 Å². The predicted molar refractivity (Wildman–Crippen MR) is 77.7 cm³/mol. The summed E-state index contributed by atoms with van der Waals surface area (Å²) in [6.07, 6.45) is 1.06. The Hall–Kier alpha value is -2.69. The smallest absolute Gasteiger partial charge is 0.258 e. The minimum atomic E-state index is -0.555. The van der Waals surface area contributed by atoms with Crippen molar-refractivity contribution in [2.45, 2.75) is 12.8 Å². The second kappa shape index (κ2) is 5.36. The number of amides is 2. The molecule has 1 heterocycles. The van der Waals surface area contributed by atoms with Crippen LogP contribution in [0.3, 0.4) is 0 Å². The molecule has 0 aromatic heterocycles. The van der Waals surface area contributed by atoms with E-state index in [-0.39, 0.29) is 11.5 Å². The van der Waals surface area contributed by atoms with Crippen molar-refractivity contribution in [2.24, 2.45) is 0 Å². The standard InChI is InChI=1S/C16H13FN2O2/c17-13-4-2-1-3-12(13)16(21)18-11-6-7-14-10(9-11)5-8-15(20)19-14/h1-4,6-7,9H,5,8H2,(H,18,21)(H,19,20). The minimum absolute atomic E-state index is 0.00326. The van der Waals surface area contributed by atoms with Crippen LogP contribution in [0.5, 0.6) is 0 Å². The third-order valence-electron chi connectivity index (χ3n) is 3.38. The zero-order chi connectivity index (χ0) is 14.8. The summed E-state index contributed by atoms with van der Waals surface area (Å²) in [6, 6.07) is 11.1. The molecule has 2 amide bonds. The Labute approximate surface area is 121 Å². The topological polar surface area (TPSA) is 58.2 Å². The van der Waals surface area contributed by atoms with Gasteiger partial charge in [0.25, 0.3) is 5.91 Å². The normalized spacial score (nSPS) is 13.3. The van der Waals surface area contributed by atoms with Crippen LogP contribution in [-0.4, -0.2) is 11.8 Å². The van der Waals surface area contributed by atoms with E-state index in [1.165, 1.54) is 18.2 Å². The van der Waals surface area contributed by atoms with E-state index < -0.39 is 11.7 Å². The highest BCUT2D eigenvalue weighted by Crippen LogP contribution is 2.26. The number of hydrogen-bond donors (Lipinski definition) is 2. The highest BCUT2D eigenvalue weighted by atomic mass is 19.1. The van der Waals surface area contributed by atoms with Crippen LogP contribution in [0.15, 0.2) is 42.5 Å². The number of halogens is 1. The highest BCUT2D eigenvalue weighted by molar-refractivity contribution is 6.04. The third kappa shape index (κ3) is 2.76. The highest BCUT2D eigenvalue weighted by Gasteiger charge is 2.16. The van der Waals surface area contributed by atoms with Crippen LogP contribution in [0.25, 0.3) is 0 Å². The van der Waals surface area contributed by atoms with Gasteiger partial charge in [-0.2, -0.15) is 0 Å². The Bertz CT molecular complexity index is 728. The molecule has 0 atom stereocenters. The van der Waals surface area contributed by atoms with E-state index in [1.807, 2.05) is 0 Å². The van der Waals surface area contributed by atoms with Gasteiger partial charge in [0.05, 0.1) is 5.56 Å².